The Kier molecular flexibility index (Phi) is 7.21. The van der Waals surface area contributed by atoms with Crippen LogP contribution in [0.2, 0.25) is 10.0 Å². The average Bonchev–Trinajstić information content (AvgIpc) is 2.69. The molecule has 0 radical (unpaired) electrons. The van der Waals surface area contributed by atoms with Crippen molar-refractivity contribution >= 4 is 23.2 Å². The van der Waals surface area contributed by atoms with Crippen molar-refractivity contribution < 1.29 is 9.47 Å². The van der Waals surface area contributed by atoms with E-state index >= 15 is 0 Å². The zero-order valence-electron chi connectivity index (χ0n) is 14.8. The van der Waals surface area contributed by atoms with Gasteiger partial charge in [0.2, 0.25) is 0 Å². The summed E-state index contributed by atoms with van der Waals surface area (Å²) in [5, 5.41) is 1.25. The van der Waals surface area contributed by atoms with Gasteiger partial charge in [-0.25, -0.2) is 4.98 Å². The molecule has 0 N–H and O–H groups in total. The van der Waals surface area contributed by atoms with E-state index in [1.54, 1.807) is 24.3 Å². The third-order valence-electron chi connectivity index (χ3n) is 3.40. The van der Waals surface area contributed by atoms with E-state index < -0.39 is 0 Å². The van der Waals surface area contributed by atoms with Crippen LogP contribution in [0.4, 0.5) is 0 Å². The van der Waals surface area contributed by atoms with E-state index in [9.17, 15) is 0 Å². The molecule has 0 saturated heterocycles. The molecular weight excluding hydrogens is 393 g/mol. The Balaban J connectivity index is 1.53. The molecule has 1 heterocycles. The van der Waals surface area contributed by atoms with Gasteiger partial charge in [-0.15, -0.1) is 0 Å². The van der Waals surface area contributed by atoms with Gasteiger partial charge in [0.05, 0.1) is 0 Å². The lowest BCUT2D eigenvalue weighted by molar-refractivity contribution is 0.370. The van der Waals surface area contributed by atoms with Gasteiger partial charge in [-0.2, -0.15) is 0 Å². The van der Waals surface area contributed by atoms with Crippen LogP contribution in [0.25, 0.3) is 0 Å². The minimum atomic E-state index is 0.241. The lowest BCUT2D eigenvalue weighted by Crippen LogP contribution is -1.95. The van der Waals surface area contributed by atoms with E-state index in [1.807, 2.05) is 42.5 Å². The second-order valence-corrected chi connectivity index (χ2v) is 6.38. The van der Waals surface area contributed by atoms with Gasteiger partial charge in [0, 0.05) is 10.0 Å². The number of hydrogen-bond acceptors (Lipinski definition) is 3. The molecule has 0 aliphatic carbocycles. The number of hydrogen-bond donors (Lipinski definition) is 0. The standard InChI is InChI=1S/C23H15Cl2NO2/c24-18-6-1-12-22(16-18)27-14-4-10-20-8-3-9-21(26-20)11-5-15-28-23-13-2-7-19(25)17-23/h1-3,6-9,12-13,16-17H,14-15H2. The molecule has 0 atom stereocenters. The fraction of sp³-hybridized carbons (Fsp3) is 0.0870. The number of pyridine rings is 1. The Morgan fingerprint density at radius 1 is 0.679 bits per heavy atom. The first kappa shape index (κ1) is 19.6. The second-order valence-electron chi connectivity index (χ2n) is 5.50. The molecule has 2 aromatic carbocycles. The van der Waals surface area contributed by atoms with Crippen molar-refractivity contribution in [2.75, 3.05) is 13.2 Å². The largest absolute Gasteiger partial charge is 0.481 e. The predicted molar refractivity (Wildman–Crippen MR) is 112 cm³/mol. The van der Waals surface area contributed by atoms with Crippen molar-refractivity contribution in [3.8, 4) is 35.2 Å². The molecule has 0 unspecified atom stereocenters. The molecule has 3 aromatic rings. The molecule has 5 heteroatoms. The van der Waals surface area contributed by atoms with Crippen LogP contribution in [0.15, 0.2) is 66.7 Å². The van der Waals surface area contributed by atoms with Crippen molar-refractivity contribution in [2.45, 2.75) is 0 Å². The lowest BCUT2D eigenvalue weighted by Gasteiger charge is -2.01. The van der Waals surface area contributed by atoms with E-state index in [1.165, 1.54) is 0 Å². The zero-order valence-corrected chi connectivity index (χ0v) is 16.3. The van der Waals surface area contributed by atoms with Crippen LogP contribution >= 0.6 is 23.2 Å². The van der Waals surface area contributed by atoms with Crippen LogP contribution in [0.3, 0.4) is 0 Å². The second kappa shape index (κ2) is 10.3. The van der Waals surface area contributed by atoms with Gasteiger partial charge in [0.25, 0.3) is 0 Å². The molecule has 0 bridgehead atoms. The molecule has 0 spiro atoms. The lowest BCUT2D eigenvalue weighted by atomic mass is 10.3. The number of nitrogens with zero attached hydrogens (tertiary/aromatic N) is 1. The van der Waals surface area contributed by atoms with Crippen molar-refractivity contribution in [3.05, 3.63) is 88.2 Å². The third kappa shape index (κ3) is 6.56. The van der Waals surface area contributed by atoms with Crippen LogP contribution in [0.1, 0.15) is 11.4 Å². The Labute approximate surface area is 174 Å². The highest BCUT2D eigenvalue weighted by Crippen LogP contribution is 2.17. The number of aromatic nitrogens is 1. The van der Waals surface area contributed by atoms with Gasteiger partial charge in [-0.3, -0.25) is 0 Å². The number of halogens is 2. The maximum absolute atomic E-state index is 5.91. The van der Waals surface area contributed by atoms with E-state index in [0.29, 0.717) is 32.9 Å². The topological polar surface area (TPSA) is 31.4 Å². The molecule has 1 aromatic heterocycles. The SMILES string of the molecule is Clc1cccc(OCC#Cc2cccc(C#CCOc3cccc(Cl)c3)n2)c1. The highest BCUT2D eigenvalue weighted by Gasteiger charge is 1.95. The molecule has 0 saturated carbocycles. The molecule has 0 fully saturated rings. The predicted octanol–water partition coefficient (Wildman–Crippen LogP) is 5.25. The van der Waals surface area contributed by atoms with Crippen LogP contribution in [-0.2, 0) is 0 Å². The Morgan fingerprint density at radius 2 is 1.14 bits per heavy atom. The highest BCUT2D eigenvalue weighted by molar-refractivity contribution is 6.31. The molecule has 3 nitrogen and oxygen atoms in total. The molecule has 0 aliphatic rings. The molecule has 0 aliphatic heterocycles. The van der Waals surface area contributed by atoms with E-state index in [-0.39, 0.29) is 13.2 Å². The first-order valence-corrected chi connectivity index (χ1v) is 9.16. The average molecular weight is 408 g/mol. The van der Waals surface area contributed by atoms with E-state index in [2.05, 4.69) is 28.7 Å². The quantitative estimate of drug-likeness (QED) is 0.553. The summed E-state index contributed by atoms with van der Waals surface area (Å²) in [6.45, 7) is 0.483. The summed E-state index contributed by atoms with van der Waals surface area (Å²) >= 11 is 11.8. The molecule has 0 amide bonds. The van der Waals surface area contributed by atoms with Crippen LogP contribution in [-0.4, -0.2) is 18.2 Å². The van der Waals surface area contributed by atoms with Crippen LogP contribution in [0.5, 0.6) is 11.5 Å². The van der Waals surface area contributed by atoms with Gasteiger partial charge in [-0.05, 0) is 60.4 Å². The van der Waals surface area contributed by atoms with Gasteiger partial charge in [-0.1, -0.05) is 53.2 Å². The minimum absolute atomic E-state index is 0.241. The number of ether oxygens (including phenoxy) is 2. The number of rotatable bonds is 4. The van der Waals surface area contributed by atoms with Crippen molar-refractivity contribution in [1.29, 1.82) is 0 Å². The summed E-state index contributed by atoms with van der Waals surface area (Å²) in [6, 6.07) is 19.9. The third-order valence-corrected chi connectivity index (χ3v) is 3.87. The van der Waals surface area contributed by atoms with Crippen molar-refractivity contribution in [2.24, 2.45) is 0 Å². The Bertz CT molecular complexity index is 992. The molecule has 3 rings (SSSR count). The van der Waals surface area contributed by atoms with Crippen molar-refractivity contribution in [1.82, 2.24) is 4.98 Å². The van der Waals surface area contributed by atoms with Gasteiger partial charge in [0.15, 0.2) is 0 Å². The first-order chi connectivity index (χ1) is 13.7. The summed E-state index contributed by atoms with van der Waals surface area (Å²) in [5.41, 5.74) is 1.24. The summed E-state index contributed by atoms with van der Waals surface area (Å²) < 4.78 is 11.1. The smallest absolute Gasteiger partial charge is 0.149 e. The monoisotopic (exact) mass is 407 g/mol. The van der Waals surface area contributed by atoms with E-state index in [0.717, 1.165) is 0 Å². The summed E-state index contributed by atoms with van der Waals surface area (Å²) in [7, 11) is 0. The number of benzene rings is 2. The highest BCUT2D eigenvalue weighted by atomic mass is 35.5. The molecular formula is C23H15Cl2NO2. The minimum Gasteiger partial charge on any atom is -0.481 e. The summed E-state index contributed by atoms with van der Waals surface area (Å²) in [4.78, 5) is 4.39. The fourth-order valence-corrected chi connectivity index (χ4v) is 2.54. The van der Waals surface area contributed by atoms with Gasteiger partial charge >= 0.3 is 0 Å². The van der Waals surface area contributed by atoms with Crippen molar-refractivity contribution in [3.63, 3.8) is 0 Å². The van der Waals surface area contributed by atoms with Gasteiger partial charge in [0.1, 0.15) is 36.1 Å². The maximum Gasteiger partial charge on any atom is 0.149 e. The first-order valence-electron chi connectivity index (χ1n) is 8.40. The molecule has 28 heavy (non-hydrogen) atoms. The summed E-state index contributed by atoms with van der Waals surface area (Å²) in [5.74, 6) is 13.1. The van der Waals surface area contributed by atoms with Crippen LogP contribution in [0, 0.1) is 23.7 Å². The fourth-order valence-electron chi connectivity index (χ4n) is 2.18. The zero-order chi connectivity index (χ0) is 19.6. The van der Waals surface area contributed by atoms with Crippen LogP contribution < -0.4 is 9.47 Å². The molecule has 138 valence electrons. The maximum atomic E-state index is 5.91. The summed E-state index contributed by atoms with van der Waals surface area (Å²) in [6.07, 6.45) is 0. The Morgan fingerprint density at radius 3 is 1.61 bits per heavy atom. The Hall–Kier alpha value is -3.11. The normalized spacial score (nSPS) is 9.50. The van der Waals surface area contributed by atoms with Gasteiger partial charge < -0.3 is 9.47 Å². The van der Waals surface area contributed by atoms with E-state index in [4.69, 9.17) is 32.7 Å².